The molecule has 11 heteroatoms. The molecule has 0 aliphatic carbocycles. The highest BCUT2D eigenvalue weighted by Gasteiger charge is 2.42. The van der Waals surface area contributed by atoms with E-state index in [-0.39, 0.29) is 57.1 Å². The van der Waals surface area contributed by atoms with Crippen LogP contribution in [0.5, 0.6) is 0 Å². The third-order valence-corrected chi connectivity index (χ3v) is 6.28. The summed E-state index contributed by atoms with van der Waals surface area (Å²) >= 11 is 0. The Morgan fingerprint density at radius 2 is 2.10 bits per heavy atom. The van der Waals surface area contributed by atoms with Crippen molar-refractivity contribution in [2.45, 2.75) is 82.7 Å². The summed E-state index contributed by atoms with van der Waals surface area (Å²) in [5.74, 6) is -0.733. The smallest absolute Gasteiger partial charge is 0.352 e. The fourth-order valence-corrected chi connectivity index (χ4v) is 4.56. The van der Waals surface area contributed by atoms with Crippen molar-refractivity contribution in [1.82, 2.24) is 21.3 Å². The van der Waals surface area contributed by atoms with Crippen LogP contribution in [0, 0.1) is 17.2 Å². The maximum absolute atomic E-state index is 12.6. The number of hydrogen-bond acceptors (Lipinski definition) is 6. The number of ether oxygens (including phenoxy) is 1. The number of fused-ring (bicyclic) bond motifs is 1. The van der Waals surface area contributed by atoms with Gasteiger partial charge in [0.25, 0.3) is 0 Å². The van der Waals surface area contributed by atoms with Gasteiger partial charge in [-0.15, -0.1) is 13.2 Å². The zero-order valence-electron chi connectivity index (χ0n) is 17.5. The molecule has 5 unspecified atom stereocenters. The monoisotopic (exact) mass is 447 g/mol. The number of nitrogens with zero attached hydrogens (tertiary/aromatic N) is 1. The molecule has 2 fully saturated rings. The molecule has 3 aliphatic rings. The van der Waals surface area contributed by atoms with Crippen molar-refractivity contribution in [3.63, 3.8) is 0 Å². The molecule has 4 N–H and O–H groups in total. The Labute approximate surface area is 181 Å². The molecule has 2 amide bonds. The van der Waals surface area contributed by atoms with E-state index in [1.54, 1.807) is 6.92 Å². The molecule has 0 aromatic carbocycles. The molecule has 2 saturated heterocycles. The summed E-state index contributed by atoms with van der Waals surface area (Å²) < 4.78 is 41.8. The maximum Gasteiger partial charge on any atom is 0.524 e. The minimum absolute atomic E-state index is 0. The van der Waals surface area contributed by atoms with Crippen LogP contribution in [-0.4, -0.2) is 55.1 Å². The number of nitrogens with one attached hydrogen (secondary N) is 4. The van der Waals surface area contributed by atoms with E-state index in [1.807, 2.05) is 6.92 Å². The molecule has 3 rings (SSSR count). The Morgan fingerprint density at radius 1 is 1.35 bits per heavy atom. The van der Waals surface area contributed by atoms with Crippen LogP contribution in [0.1, 0.15) is 48.8 Å². The van der Waals surface area contributed by atoms with E-state index in [1.165, 1.54) is 0 Å². The van der Waals surface area contributed by atoms with Crippen LogP contribution in [0.15, 0.2) is 11.1 Å². The topological polar surface area (TPSA) is 115 Å². The number of amides is 2. The molecule has 8 nitrogen and oxygen atoms in total. The van der Waals surface area contributed by atoms with Crippen molar-refractivity contribution in [2.24, 2.45) is 5.92 Å². The number of carbonyl (C=O) groups is 2. The minimum Gasteiger partial charge on any atom is -0.352 e. The highest BCUT2D eigenvalue weighted by atomic mass is 19.4. The highest BCUT2D eigenvalue weighted by molar-refractivity contribution is 6.00. The molecular weight excluding hydrogens is 415 g/mol. The first-order chi connectivity index (χ1) is 14.6. The predicted molar refractivity (Wildman–Crippen MR) is 108 cm³/mol. The molecular formula is C20H32F3N5O3. The summed E-state index contributed by atoms with van der Waals surface area (Å²) in [5.41, 5.74) is 0.812. The average molecular weight is 448 g/mol. The van der Waals surface area contributed by atoms with Crippen LogP contribution in [0.2, 0.25) is 0 Å². The van der Waals surface area contributed by atoms with Crippen molar-refractivity contribution >= 4 is 11.8 Å². The third-order valence-electron chi connectivity index (χ3n) is 6.28. The largest absolute Gasteiger partial charge is 0.524 e. The summed E-state index contributed by atoms with van der Waals surface area (Å²) in [7, 11) is 0. The Kier molecular flexibility index (Phi) is 7.24. The van der Waals surface area contributed by atoms with Gasteiger partial charge in [-0.1, -0.05) is 0 Å². The first-order valence-electron chi connectivity index (χ1n) is 10.5. The summed E-state index contributed by atoms with van der Waals surface area (Å²) in [5, 5.41) is 20.7. The van der Waals surface area contributed by atoms with Gasteiger partial charge in [-0.05, 0) is 45.1 Å². The van der Waals surface area contributed by atoms with Crippen LogP contribution in [0.3, 0.4) is 0 Å². The number of nitriles is 1. The summed E-state index contributed by atoms with van der Waals surface area (Å²) in [6.07, 6.45) is -4.13. The van der Waals surface area contributed by atoms with Crippen molar-refractivity contribution < 1.29 is 30.4 Å². The number of carbonyl (C=O) groups excluding carboxylic acids is 2. The van der Waals surface area contributed by atoms with Crippen molar-refractivity contribution in [1.29, 1.82) is 5.26 Å². The highest BCUT2D eigenvalue weighted by Crippen LogP contribution is 2.30. The van der Waals surface area contributed by atoms with E-state index >= 15 is 0 Å². The van der Waals surface area contributed by atoms with E-state index < -0.39 is 18.6 Å². The predicted octanol–water partition coefficient (Wildman–Crippen LogP) is 1.69. The van der Waals surface area contributed by atoms with E-state index in [9.17, 15) is 22.8 Å². The van der Waals surface area contributed by atoms with E-state index in [4.69, 9.17) is 5.26 Å². The molecule has 3 heterocycles. The van der Waals surface area contributed by atoms with Crippen LogP contribution >= 0.6 is 0 Å². The molecule has 0 spiro atoms. The lowest BCUT2D eigenvalue weighted by molar-refractivity contribution is -0.349. The SMILES string of the molecule is CC1=C(CC(=O)N[C@@H](C)C2CCC(C#N)CN2)C(=O)NC2CCC(OC(F)(F)F)NC12.[HH].[HH]. The second kappa shape index (κ2) is 9.54. The lowest BCUT2D eigenvalue weighted by atomic mass is 9.84. The van der Waals surface area contributed by atoms with Gasteiger partial charge < -0.3 is 16.0 Å². The Balaban J connectivity index is 0.00000272. The minimum atomic E-state index is -4.75. The third kappa shape index (κ3) is 5.96. The number of piperidine rings is 2. The molecule has 0 aromatic rings. The second-order valence-corrected chi connectivity index (χ2v) is 8.47. The zero-order valence-corrected chi connectivity index (χ0v) is 17.5. The molecule has 176 valence electrons. The molecule has 31 heavy (non-hydrogen) atoms. The van der Waals surface area contributed by atoms with Gasteiger partial charge in [0.2, 0.25) is 11.8 Å². The van der Waals surface area contributed by atoms with E-state index in [0.29, 0.717) is 18.5 Å². The van der Waals surface area contributed by atoms with Crippen molar-refractivity contribution in [2.75, 3.05) is 6.54 Å². The molecule has 6 atom stereocenters. The normalized spacial score (nSPS) is 32.5. The lowest BCUT2D eigenvalue weighted by Gasteiger charge is -2.42. The number of halogens is 3. The Morgan fingerprint density at radius 3 is 2.71 bits per heavy atom. The molecule has 3 aliphatic heterocycles. The fraction of sp³-hybridized carbons (Fsp3) is 0.750. The first-order valence-corrected chi connectivity index (χ1v) is 10.5. The number of hydrogen-bond donors (Lipinski definition) is 4. The lowest BCUT2D eigenvalue weighted by Crippen LogP contribution is -2.61. The maximum atomic E-state index is 12.6. The molecule has 0 aromatic heterocycles. The van der Waals surface area contributed by atoms with Crippen LogP contribution in [0.4, 0.5) is 13.2 Å². The Hall–Kier alpha value is -2.16. The summed E-state index contributed by atoms with van der Waals surface area (Å²) in [6.45, 7) is 4.10. The zero-order chi connectivity index (χ0) is 22.8. The van der Waals surface area contributed by atoms with E-state index in [0.717, 1.165) is 12.8 Å². The van der Waals surface area contributed by atoms with Gasteiger partial charge in [0.05, 0.1) is 24.4 Å². The van der Waals surface area contributed by atoms with Gasteiger partial charge in [0, 0.05) is 33.1 Å². The fourth-order valence-electron chi connectivity index (χ4n) is 4.56. The van der Waals surface area contributed by atoms with Gasteiger partial charge in [0.15, 0.2) is 0 Å². The quantitative estimate of drug-likeness (QED) is 0.510. The van der Waals surface area contributed by atoms with Gasteiger partial charge in [-0.25, -0.2) is 0 Å². The van der Waals surface area contributed by atoms with Gasteiger partial charge in [-0.2, -0.15) is 5.26 Å². The van der Waals surface area contributed by atoms with Gasteiger partial charge in [0.1, 0.15) is 6.23 Å². The summed E-state index contributed by atoms with van der Waals surface area (Å²) in [4.78, 5) is 25.1. The Bertz CT molecular complexity index is 782. The first kappa shape index (κ1) is 23.5. The average Bonchev–Trinajstić information content (AvgIpc) is 2.70. The van der Waals surface area contributed by atoms with Crippen molar-refractivity contribution in [3.05, 3.63) is 11.1 Å². The number of rotatable bonds is 5. The molecule has 0 radical (unpaired) electrons. The second-order valence-electron chi connectivity index (χ2n) is 8.47. The van der Waals surface area contributed by atoms with Gasteiger partial charge >= 0.3 is 6.36 Å². The van der Waals surface area contributed by atoms with E-state index in [2.05, 4.69) is 32.1 Å². The van der Waals surface area contributed by atoms with Crippen LogP contribution in [0.25, 0.3) is 0 Å². The molecule has 0 saturated carbocycles. The molecule has 0 bridgehead atoms. The number of alkyl halides is 3. The van der Waals surface area contributed by atoms with Crippen LogP contribution in [-0.2, 0) is 14.3 Å². The van der Waals surface area contributed by atoms with Crippen LogP contribution < -0.4 is 21.3 Å². The summed E-state index contributed by atoms with van der Waals surface area (Å²) in [6, 6.07) is 1.21. The standard InChI is InChI=1S/C20H28F3N5O3.2H2/c1-10-13(7-16(29)26-11(2)14-4-3-12(8-24)9-25-14)19(30)27-15-5-6-17(28-18(10)15)31-20(21,22)23;;/h11-12,14-15,17-18,25,28H,3-7,9H2,1-2H3,(H,26,29)(H,27,30);2*1H/t11-,12?,14?,15?,17?,18?;;/m0../s1. The van der Waals surface area contributed by atoms with Crippen molar-refractivity contribution in [3.8, 4) is 6.07 Å². The van der Waals surface area contributed by atoms with Gasteiger partial charge in [-0.3, -0.25) is 19.6 Å².